The average Bonchev–Trinajstić information content (AvgIpc) is 3.39. The number of thioether (sulfide) groups is 1. The molecule has 4 rings (SSSR count). The van der Waals surface area contributed by atoms with Gasteiger partial charge < -0.3 is 9.80 Å². The van der Waals surface area contributed by atoms with E-state index in [1.807, 2.05) is 71.4 Å². The van der Waals surface area contributed by atoms with Gasteiger partial charge in [0.15, 0.2) is 5.82 Å². The highest BCUT2D eigenvalue weighted by Crippen LogP contribution is 2.29. The Morgan fingerprint density at radius 2 is 1.77 bits per heavy atom. The second-order valence-corrected chi connectivity index (χ2v) is 9.82. The second-order valence-electron chi connectivity index (χ2n) is 8.81. The van der Waals surface area contributed by atoms with Crippen LogP contribution >= 0.6 is 11.8 Å². The van der Waals surface area contributed by atoms with Gasteiger partial charge >= 0.3 is 0 Å². The predicted octanol–water partition coefficient (Wildman–Crippen LogP) is 4.07. The first-order valence-corrected chi connectivity index (χ1v) is 13.2. The summed E-state index contributed by atoms with van der Waals surface area (Å²) in [5, 5.41) is 12.1. The molecule has 9 heteroatoms. The van der Waals surface area contributed by atoms with Crippen LogP contribution in [0.15, 0.2) is 59.5 Å². The molecular formula is C26H32N6O2S. The Bertz CT molecular complexity index is 1130. The molecule has 184 valence electrons. The van der Waals surface area contributed by atoms with Gasteiger partial charge in [-0.3, -0.25) is 9.59 Å². The van der Waals surface area contributed by atoms with Crippen LogP contribution in [0.25, 0.3) is 5.69 Å². The van der Waals surface area contributed by atoms with Crippen molar-refractivity contribution in [3.8, 4) is 5.69 Å². The quantitative estimate of drug-likeness (QED) is 0.419. The van der Waals surface area contributed by atoms with E-state index < -0.39 is 0 Å². The van der Waals surface area contributed by atoms with Gasteiger partial charge in [0.05, 0.1) is 17.0 Å². The van der Waals surface area contributed by atoms with Crippen LogP contribution in [0.4, 0.5) is 0 Å². The van der Waals surface area contributed by atoms with Crippen LogP contribution in [-0.2, 0) is 10.5 Å². The molecule has 8 nitrogen and oxygen atoms in total. The standard InChI is InChI=1S/C26H32N6O2S/c1-3-4-16-30(2)25(33)20-14-17-31(18-15-20)26(34)22-12-8-9-13-23(22)35-19-24-27-28-29-32(24)21-10-6-5-7-11-21/h5-13,20H,3-4,14-19H2,1-2H3. The number of carbonyl (C=O) groups is 2. The molecule has 1 aliphatic rings. The first-order valence-electron chi connectivity index (χ1n) is 12.2. The summed E-state index contributed by atoms with van der Waals surface area (Å²) in [5.74, 6) is 1.48. The van der Waals surface area contributed by atoms with Gasteiger partial charge in [0.2, 0.25) is 5.91 Å². The Morgan fingerprint density at radius 1 is 1.06 bits per heavy atom. The summed E-state index contributed by atoms with van der Waals surface area (Å²) in [7, 11) is 1.89. The number of unbranched alkanes of at least 4 members (excludes halogenated alkanes) is 1. The topological polar surface area (TPSA) is 84.2 Å². The molecule has 0 radical (unpaired) electrons. The van der Waals surface area contributed by atoms with Gasteiger partial charge in [-0.2, -0.15) is 4.68 Å². The van der Waals surface area contributed by atoms with Crippen LogP contribution in [0.5, 0.6) is 0 Å². The summed E-state index contributed by atoms with van der Waals surface area (Å²) in [6.45, 7) is 4.13. The van der Waals surface area contributed by atoms with Gasteiger partial charge in [0.1, 0.15) is 0 Å². The van der Waals surface area contributed by atoms with E-state index in [2.05, 4.69) is 22.4 Å². The van der Waals surface area contributed by atoms with Gasteiger partial charge in [-0.1, -0.05) is 43.7 Å². The van der Waals surface area contributed by atoms with Crippen LogP contribution in [0.3, 0.4) is 0 Å². The van der Waals surface area contributed by atoms with E-state index in [-0.39, 0.29) is 17.7 Å². The number of carbonyl (C=O) groups excluding carboxylic acids is 2. The number of amides is 2. The molecule has 2 heterocycles. The number of likely N-dealkylation sites (tertiary alicyclic amines) is 1. The number of tetrazole rings is 1. The Hall–Kier alpha value is -3.20. The highest BCUT2D eigenvalue weighted by atomic mass is 32.2. The summed E-state index contributed by atoms with van der Waals surface area (Å²) >= 11 is 1.55. The van der Waals surface area contributed by atoms with Crippen molar-refractivity contribution in [1.29, 1.82) is 0 Å². The second kappa shape index (κ2) is 12.0. The van der Waals surface area contributed by atoms with Gasteiger partial charge in [-0.15, -0.1) is 16.9 Å². The molecule has 1 fully saturated rings. The fraction of sp³-hybridized carbons (Fsp3) is 0.423. The fourth-order valence-electron chi connectivity index (χ4n) is 4.29. The smallest absolute Gasteiger partial charge is 0.254 e. The number of para-hydroxylation sites is 1. The molecule has 0 saturated carbocycles. The Labute approximate surface area is 210 Å². The maximum atomic E-state index is 13.4. The zero-order chi connectivity index (χ0) is 24.6. The Balaban J connectivity index is 1.38. The maximum absolute atomic E-state index is 13.4. The summed E-state index contributed by atoms with van der Waals surface area (Å²) < 4.78 is 1.72. The van der Waals surface area contributed by atoms with Gasteiger partial charge in [0.25, 0.3) is 5.91 Å². The van der Waals surface area contributed by atoms with Crippen molar-refractivity contribution < 1.29 is 9.59 Å². The molecule has 1 saturated heterocycles. The molecule has 0 bridgehead atoms. The van der Waals surface area contributed by atoms with Crippen molar-refractivity contribution in [2.75, 3.05) is 26.7 Å². The van der Waals surface area contributed by atoms with Crippen molar-refractivity contribution in [1.82, 2.24) is 30.0 Å². The van der Waals surface area contributed by atoms with Gasteiger partial charge in [0, 0.05) is 37.5 Å². The van der Waals surface area contributed by atoms with Crippen LogP contribution in [0, 0.1) is 5.92 Å². The van der Waals surface area contributed by atoms with Crippen molar-refractivity contribution in [3.63, 3.8) is 0 Å². The molecule has 2 amide bonds. The zero-order valence-electron chi connectivity index (χ0n) is 20.3. The monoisotopic (exact) mass is 492 g/mol. The van der Waals surface area contributed by atoms with E-state index in [9.17, 15) is 9.59 Å². The third-order valence-electron chi connectivity index (χ3n) is 6.36. The molecule has 0 N–H and O–H groups in total. The van der Waals surface area contributed by atoms with E-state index in [4.69, 9.17) is 0 Å². The maximum Gasteiger partial charge on any atom is 0.254 e. The normalized spacial score (nSPS) is 14.2. The Kier molecular flexibility index (Phi) is 8.52. The average molecular weight is 493 g/mol. The lowest BCUT2D eigenvalue weighted by Crippen LogP contribution is -2.43. The summed E-state index contributed by atoms with van der Waals surface area (Å²) in [5.41, 5.74) is 1.58. The highest BCUT2D eigenvalue weighted by molar-refractivity contribution is 7.98. The first-order chi connectivity index (χ1) is 17.1. The molecule has 35 heavy (non-hydrogen) atoms. The molecule has 2 aromatic carbocycles. The third-order valence-corrected chi connectivity index (χ3v) is 7.43. The van der Waals surface area contributed by atoms with E-state index in [0.29, 0.717) is 37.2 Å². The Morgan fingerprint density at radius 3 is 2.51 bits per heavy atom. The van der Waals surface area contributed by atoms with E-state index in [0.717, 1.165) is 35.8 Å². The lowest BCUT2D eigenvalue weighted by Gasteiger charge is -2.33. The number of aromatic nitrogens is 4. The molecule has 0 unspecified atom stereocenters. The molecule has 0 aliphatic carbocycles. The summed E-state index contributed by atoms with van der Waals surface area (Å²) in [6, 6.07) is 17.4. The van der Waals surface area contributed by atoms with Gasteiger partial charge in [-0.25, -0.2) is 0 Å². The summed E-state index contributed by atoms with van der Waals surface area (Å²) in [4.78, 5) is 30.8. The number of hydrogen-bond acceptors (Lipinski definition) is 6. The molecule has 3 aromatic rings. The molecule has 1 aromatic heterocycles. The van der Waals surface area contributed by atoms with Crippen LogP contribution in [-0.4, -0.2) is 68.5 Å². The fourth-order valence-corrected chi connectivity index (χ4v) is 5.24. The lowest BCUT2D eigenvalue weighted by molar-refractivity contribution is -0.135. The molecule has 0 atom stereocenters. The number of piperidine rings is 1. The molecule has 1 aliphatic heterocycles. The predicted molar refractivity (Wildman–Crippen MR) is 136 cm³/mol. The minimum absolute atomic E-state index is 0.00220. The molecular weight excluding hydrogens is 460 g/mol. The van der Waals surface area contributed by atoms with Crippen molar-refractivity contribution in [2.24, 2.45) is 5.92 Å². The largest absolute Gasteiger partial charge is 0.346 e. The minimum atomic E-state index is 0.00220. The molecule has 0 spiro atoms. The number of nitrogens with zero attached hydrogens (tertiary/aromatic N) is 6. The van der Waals surface area contributed by atoms with Crippen LogP contribution in [0.2, 0.25) is 0 Å². The van der Waals surface area contributed by atoms with Gasteiger partial charge in [-0.05, 0) is 54.0 Å². The SMILES string of the molecule is CCCCN(C)C(=O)C1CCN(C(=O)c2ccccc2SCc2nnnn2-c2ccccc2)CC1. The number of benzene rings is 2. The van der Waals surface area contributed by atoms with Crippen molar-refractivity contribution in [3.05, 3.63) is 66.0 Å². The first kappa shape index (κ1) is 24.9. The third kappa shape index (κ3) is 6.08. The summed E-state index contributed by atoms with van der Waals surface area (Å²) in [6.07, 6.45) is 3.51. The van der Waals surface area contributed by atoms with Crippen LogP contribution < -0.4 is 0 Å². The zero-order valence-corrected chi connectivity index (χ0v) is 21.2. The minimum Gasteiger partial charge on any atom is -0.346 e. The number of hydrogen-bond donors (Lipinski definition) is 0. The van der Waals surface area contributed by atoms with Crippen molar-refractivity contribution in [2.45, 2.75) is 43.3 Å². The van der Waals surface area contributed by atoms with E-state index in [1.165, 1.54) is 0 Å². The lowest BCUT2D eigenvalue weighted by atomic mass is 9.94. The van der Waals surface area contributed by atoms with E-state index in [1.54, 1.807) is 16.4 Å². The van der Waals surface area contributed by atoms with Crippen LogP contribution in [0.1, 0.15) is 48.8 Å². The number of rotatable bonds is 9. The van der Waals surface area contributed by atoms with E-state index >= 15 is 0 Å². The highest BCUT2D eigenvalue weighted by Gasteiger charge is 2.30. The van der Waals surface area contributed by atoms with Crippen molar-refractivity contribution >= 4 is 23.6 Å².